The van der Waals surface area contributed by atoms with E-state index in [1.54, 1.807) is 7.05 Å². The molecule has 0 aliphatic carbocycles. The molecule has 1 aliphatic heterocycles. The standard InChI is InChI=1S/C12H26N4O/c1-13-12(17)11-15-6-5-14-7-10-16-8-3-2-4-9-16/h14-15H,2-11H2,1H3,(H,13,17). The van der Waals surface area contributed by atoms with Crippen molar-refractivity contribution in [1.82, 2.24) is 20.9 Å². The van der Waals surface area contributed by atoms with Gasteiger partial charge in [0.2, 0.25) is 5.91 Å². The Bertz CT molecular complexity index is 205. The maximum absolute atomic E-state index is 10.9. The largest absolute Gasteiger partial charge is 0.358 e. The van der Waals surface area contributed by atoms with Gasteiger partial charge in [0.15, 0.2) is 0 Å². The number of carbonyl (C=O) groups is 1. The smallest absolute Gasteiger partial charge is 0.233 e. The predicted molar refractivity (Wildman–Crippen MR) is 70.1 cm³/mol. The Morgan fingerprint density at radius 2 is 1.76 bits per heavy atom. The van der Waals surface area contributed by atoms with E-state index in [-0.39, 0.29) is 5.91 Å². The summed E-state index contributed by atoms with van der Waals surface area (Å²) in [6.07, 6.45) is 4.11. The Morgan fingerprint density at radius 3 is 2.47 bits per heavy atom. The lowest BCUT2D eigenvalue weighted by molar-refractivity contribution is -0.119. The van der Waals surface area contributed by atoms with Gasteiger partial charge in [-0.1, -0.05) is 6.42 Å². The van der Waals surface area contributed by atoms with Gasteiger partial charge in [0.25, 0.3) is 0 Å². The Labute approximate surface area is 104 Å². The zero-order valence-corrected chi connectivity index (χ0v) is 10.9. The van der Waals surface area contributed by atoms with Gasteiger partial charge in [-0.05, 0) is 25.9 Å². The Kier molecular flexibility index (Phi) is 7.96. The fraction of sp³-hybridized carbons (Fsp3) is 0.917. The first kappa shape index (κ1) is 14.4. The van der Waals surface area contributed by atoms with Crippen molar-refractivity contribution in [3.05, 3.63) is 0 Å². The number of rotatable bonds is 8. The minimum Gasteiger partial charge on any atom is -0.358 e. The third-order valence-electron chi connectivity index (χ3n) is 3.10. The molecule has 5 heteroatoms. The number of piperidine rings is 1. The van der Waals surface area contributed by atoms with Gasteiger partial charge in [-0.15, -0.1) is 0 Å². The maximum Gasteiger partial charge on any atom is 0.233 e. The van der Waals surface area contributed by atoms with Crippen molar-refractivity contribution < 1.29 is 4.79 Å². The molecular formula is C12H26N4O. The van der Waals surface area contributed by atoms with Crippen LogP contribution in [0.2, 0.25) is 0 Å². The molecule has 3 N–H and O–H groups in total. The van der Waals surface area contributed by atoms with Crippen molar-refractivity contribution in [3.8, 4) is 0 Å². The van der Waals surface area contributed by atoms with Crippen LogP contribution in [0.15, 0.2) is 0 Å². The average Bonchev–Trinajstić information content (AvgIpc) is 2.38. The van der Waals surface area contributed by atoms with Crippen LogP contribution >= 0.6 is 0 Å². The highest BCUT2D eigenvalue weighted by Gasteiger charge is 2.08. The number of hydrogen-bond acceptors (Lipinski definition) is 4. The normalized spacial score (nSPS) is 17.0. The molecule has 0 aromatic rings. The molecule has 0 bridgehead atoms. The Balaban J connectivity index is 1.82. The van der Waals surface area contributed by atoms with E-state index in [2.05, 4.69) is 20.9 Å². The van der Waals surface area contributed by atoms with Crippen molar-refractivity contribution in [1.29, 1.82) is 0 Å². The predicted octanol–water partition coefficient (Wildman–Crippen LogP) is -0.602. The molecule has 1 fully saturated rings. The summed E-state index contributed by atoms with van der Waals surface area (Å²) >= 11 is 0. The number of likely N-dealkylation sites (tertiary alicyclic amines) is 1. The van der Waals surface area contributed by atoms with Gasteiger partial charge >= 0.3 is 0 Å². The number of carbonyl (C=O) groups excluding carboxylic acids is 1. The molecule has 0 saturated carbocycles. The molecule has 0 aromatic heterocycles. The summed E-state index contributed by atoms with van der Waals surface area (Å²) in [5.74, 6) is 0.0401. The van der Waals surface area contributed by atoms with Crippen LogP contribution in [0.5, 0.6) is 0 Å². The quantitative estimate of drug-likeness (QED) is 0.497. The fourth-order valence-corrected chi connectivity index (χ4v) is 2.01. The van der Waals surface area contributed by atoms with Gasteiger partial charge in [0, 0.05) is 33.2 Å². The summed E-state index contributed by atoms with van der Waals surface area (Å²) in [4.78, 5) is 13.4. The first-order valence-corrected chi connectivity index (χ1v) is 6.67. The summed E-state index contributed by atoms with van der Waals surface area (Å²) in [7, 11) is 1.65. The highest BCUT2D eigenvalue weighted by Crippen LogP contribution is 2.06. The van der Waals surface area contributed by atoms with Crippen LogP contribution in [0.1, 0.15) is 19.3 Å². The molecule has 1 aliphatic rings. The van der Waals surface area contributed by atoms with Crippen molar-refractivity contribution in [3.63, 3.8) is 0 Å². The van der Waals surface area contributed by atoms with E-state index < -0.39 is 0 Å². The number of likely N-dealkylation sites (N-methyl/N-ethyl adjacent to an activating group) is 1. The molecule has 0 unspecified atom stereocenters. The van der Waals surface area contributed by atoms with E-state index in [1.165, 1.54) is 32.4 Å². The minimum atomic E-state index is 0.0401. The summed E-state index contributed by atoms with van der Waals surface area (Å²) in [5.41, 5.74) is 0. The molecular weight excluding hydrogens is 216 g/mol. The lowest BCUT2D eigenvalue weighted by atomic mass is 10.1. The second-order valence-corrected chi connectivity index (χ2v) is 4.50. The van der Waals surface area contributed by atoms with E-state index in [9.17, 15) is 4.79 Å². The van der Waals surface area contributed by atoms with Gasteiger partial charge in [0.05, 0.1) is 6.54 Å². The average molecular weight is 242 g/mol. The van der Waals surface area contributed by atoms with Crippen molar-refractivity contribution >= 4 is 5.91 Å². The Morgan fingerprint density at radius 1 is 1.06 bits per heavy atom. The summed E-state index contributed by atoms with van der Waals surface area (Å²) in [6.45, 7) is 6.88. The zero-order valence-electron chi connectivity index (χ0n) is 10.9. The molecule has 5 nitrogen and oxygen atoms in total. The van der Waals surface area contributed by atoms with Crippen LogP contribution in [0.3, 0.4) is 0 Å². The topological polar surface area (TPSA) is 56.4 Å². The summed E-state index contributed by atoms with van der Waals surface area (Å²) in [6, 6.07) is 0. The first-order valence-electron chi connectivity index (χ1n) is 6.67. The summed E-state index contributed by atoms with van der Waals surface area (Å²) < 4.78 is 0. The third kappa shape index (κ3) is 7.31. The molecule has 1 saturated heterocycles. The zero-order chi connectivity index (χ0) is 12.3. The molecule has 0 spiro atoms. The SMILES string of the molecule is CNC(=O)CNCCNCCN1CCCCC1. The third-order valence-corrected chi connectivity index (χ3v) is 3.10. The lowest BCUT2D eigenvalue weighted by Gasteiger charge is -2.26. The van der Waals surface area contributed by atoms with Crippen molar-refractivity contribution in [2.24, 2.45) is 0 Å². The van der Waals surface area contributed by atoms with Crippen LogP contribution in [0.4, 0.5) is 0 Å². The number of amides is 1. The van der Waals surface area contributed by atoms with Gasteiger partial charge in [0.1, 0.15) is 0 Å². The van der Waals surface area contributed by atoms with E-state index in [1.807, 2.05) is 0 Å². The number of hydrogen-bond donors (Lipinski definition) is 3. The van der Waals surface area contributed by atoms with Gasteiger partial charge in [-0.2, -0.15) is 0 Å². The Hall–Kier alpha value is -0.650. The summed E-state index contributed by atoms with van der Waals surface area (Å²) in [5, 5.41) is 9.06. The molecule has 0 aromatic carbocycles. The van der Waals surface area contributed by atoms with Crippen molar-refractivity contribution in [2.75, 3.05) is 52.9 Å². The number of nitrogens with one attached hydrogen (secondary N) is 3. The molecule has 100 valence electrons. The molecule has 0 radical (unpaired) electrons. The molecule has 0 atom stereocenters. The van der Waals surface area contributed by atoms with Crippen molar-refractivity contribution in [2.45, 2.75) is 19.3 Å². The lowest BCUT2D eigenvalue weighted by Crippen LogP contribution is -2.39. The van der Waals surface area contributed by atoms with E-state index in [0.29, 0.717) is 6.54 Å². The highest BCUT2D eigenvalue weighted by atomic mass is 16.1. The van der Waals surface area contributed by atoms with E-state index >= 15 is 0 Å². The van der Waals surface area contributed by atoms with Crippen LogP contribution in [0.25, 0.3) is 0 Å². The first-order chi connectivity index (χ1) is 8.33. The molecule has 1 rings (SSSR count). The highest BCUT2D eigenvalue weighted by molar-refractivity contribution is 5.77. The monoisotopic (exact) mass is 242 g/mol. The molecule has 17 heavy (non-hydrogen) atoms. The van der Waals surface area contributed by atoms with Crippen LogP contribution in [0, 0.1) is 0 Å². The fourth-order valence-electron chi connectivity index (χ4n) is 2.01. The van der Waals surface area contributed by atoms with Gasteiger partial charge in [-0.3, -0.25) is 4.79 Å². The van der Waals surface area contributed by atoms with Gasteiger partial charge in [-0.25, -0.2) is 0 Å². The second kappa shape index (κ2) is 9.39. The van der Waals surface area contributed by atoms with E-state index in [4.69, 9.17) is 0 Å². The molecule has 1 amide bonds. The maximum atomic E-state index is 10.9. The van der Waals surface area contributed by atoms with Crippen LogP contribution in [-0.4, -0.2) is 63.7 Å². The number of nitrogens with zero attached hydrogens (tertiary/aromatic N) is 1. The van der Waals surface area contributed by atoms with Gasteiger partial charge < -0.3 is 20.9 Å². The minimum absolute atomic E-state index is 0.0401. The van der Waals surface area contributed by atoms with E-state index in [0.717, 1.165) is 26.2 Å². The second-order valence-electron chi connectivity index (χ2n) is 4.50. The van der Waals surface area contributed by atoms with Crippen LogP contribution < -0.4 is 16.0 Å². The van der Waals surface area contributed by atoms with Crippen LogP contribution in [-0.2, 0) is 4.79 Å². The molecule has 1 heterocycles.